The molecule has 0 spiro atoms. The van der Waals surface area contributed by atoms with Gasteiger partial charge < -0.3 is 9.52 Å². The maximum atomic E-state index is 10.1. The average molecular weight is 222 g/mol. The Labute approximate surface area is 98.0 Å². The van der Waals surface area contributed by atoms with Crippen molar-refractivity contribution in [2.45, 2.75) is 46.6 Å². The fraction of sp³-hybridized carbons (Fsp3) is 0.571. The van der Waals surface area contributed by atoms with E-state index in [2.05, 4.69) is 19.9 Å². The molecule has 90 valence electrons. The molecule has 16 heavy (non-hydrogen) atoms. The molecule has 1 heterocycles. The highest BCUT2D eigenvalue weighted by Crippen LogP contribution is 2.26. The third kappa shape index (κ3) is 3.53. The van der Waals surface area contributed by atoms with Gasteiger partial charge in [0.2, 0.25) is 0 Å². The van der Waals surface area contributed by atoms with E-state index in [0.717, 1.165) is 18.6 Å². The van der Waals surface area contributed by atoms with Crippen molar-refractivity contribution in [1.29, 1.82) is 0 Å². The van der Waals surface area contributed by atoms with Crippen molar-refractivity contribution in [2.75, 3.05) is 0 Å². The normalized spacial score (nSPS) is 16.2. The quantitative estimate of drug-likeness (QED) is 0.764. The Hall–Kier alpha value is -1.02. The van der Waals surface area contributed by atoms with E-state index in [1.54, 1.807) is 0 Å². The van der Waals surface area contributed by atoms with E-state index in [1.807, 2.05) is 26.0 Å². The molecule has 0 fully saturated rings. The summed E-state index contributed by atoms with van der Waals surface area (Å²) in [6.45, 7) is 8.20. The molecule has 2 nitrogen and oxygen atoms in total. The lowest BCUT2D eigenvalue weighted by Gasteiger charge is -2.15. The molecule has 0 saturated carbocycles. The SMILES string of the molecule is CCC(C)=CCC(C)C(O)c1ccc(C)o1. The number of rotatable bonds is 5. The molecule has 2 heteroatoms. The minimum atomic E-state index is -0.505. The lowest BCUT2D eigenvalue weighted by atomic mass is 9.97. The highest BCUT2D eigenvalue weighted by atomic mass is 16.4. The van der Waals surface area contributed by atoms with Gasteiger partial charge in [0.25, 0.3) is 0 Å². The van der Waals surface area contributed by atoms with Gasteiger partial charge in [-0.15, -0.1) is 0 Å². The minimum Gasteiger partial charge on any atom is -0.464 e. The summed E-state index contributed by atoms with van der Waals surface area (Å²) >= 11 is 0. The molecule has 1 aromatic heterocycles. The molecular weight excluding hydrogens is 200 g/mol. The zero-order chi connectivity index (χ0) is 12.1. The van der Waals surface area contributed by atoms with E-state index >= 15 is 0 Å². The summed E-state index contributed by atoms with van der Waals surface area (Å²) in [5.41, 5.74) is 1.37. The van der Waals surface area contributed by atoms with E-state index in [0.29, 0.717) is 5.76 Å². The second-order valence-corrected chi connectivity index (χ2v) is 4.51. The molecule has 2 atom stereocenters. The molecule has 0 radical (unpaired) electrons. The van der Waals surface area contributed by atoms with Crippen LogP contribution >= 0.6 is 0 Å². The molecule has 0 saturated heterocycles. The van der Waals surface area contributed by atoms with Crippen LogP contribution in [0.3, 0.4) is 0 Å². The Balaban J connectivity index is 2.57. The maximum absolute atomic E-state index is 10.1. The molecule has 0 aliphatic carbocycles. The standard InChI is InChI=1S/C14H22O2/c1-5-10(2)6-7-11(3)14(15)13-9-8-12(4)16-13/h6,8-9,11,14-15H,5,7H2,1-4H3. The zero-order valence-corrected chi connectivity index (χ0v) is 10.7. The number of hydrogen-bond donors (Lipinski definition) is 1. The number of furan rings is 1. The van der Waals surface area contributed by atoms with Crippen molar-refractivity contribution in [3.05, 3.63) is 35.3 Å². The zero-order valence-electron chi connectivity index (χ0n) is 10.7. The van der Waals surface area contributed by atoms with Crippen LogP contribution in [0.4, 0.5) is 0 Å². The number of allylic oxidation sites excluding steroid dienone is 2. The molecule has 1 aromatic rings. The summed E-state index contributed by atoms with van der Waals surface area (Å²) in [5, 5.41) is 10.1. The van der Waals surface area contributed by atoms with Crippen molar-refractivity contribution < 1.29 is 9.52 Å². The summed E-state index contributed by atoms with van der Waals surface area (Å²) in [5.74, 6) is 1.71. The summed E-state index contributed by atoms with van der Waals surface area (Å²) < 4.78 is 5.43. The van der Waals surface area contributed by atoms with E-state index in [-0.39, 0.29) is 5.92 Å². The second kappa shape index (κ2) is 5.90. The van der Waals surface area contributed by atoms with Gasteiger partial charge in [0, 0.05) is 0 Å². The van der Waals surface area contributed by atoms with Crippen molar-refractivity contribution in [3.8, 4) is 0 Å². The summed E-state index contributed by atoms with van der Waals surface area (Å²) in [6.07, 6.45) is 3.65. The van der Waals surface area contributed by atoms with Crippen molar-refractivity contribution in [1.82, 2.24) is 0 Å². The first kappa shape index (κ1) is 13.0. The van der Waals surface area contributed by atoms with Gasteiger partial charge in [0.15, 0.2) is 0 Å². The Bertz CT molecular complexity index is 349. The van der Waals surface area contributed by atoms with Gasteiger partial charge >= 0.3 is 0 Å². The van der Waals surface area contributed by atoms with Gasteiger partial charge in [-0.3, -0.25) is 0 Å². The van der Waals surface area contributed by atoms with Crippen LogP contribution in [0, 0.1) is 12.8 Å². The largest absolute Gasteiger partial charge is 0.464 e. The number of aliphatic hydroxyl groups is 1. The van der Waals surface area contributed by atoms with Gasteiger partial charge in [-0.1, -0.05) is 25.5 Å². The van der Waals surface area contributed by atoms with Gasteiger partial charge in [-0.05, 0) is 44.7 Å². The first-order chi connectivity index (χ1) is 7.54. The molecule has 0 aromatic carbocycles. The molecule has 0 aliphatic heterocycles. The van der Waals surface area contributed by atoms with Crippen LogP contribution in [-0.4, -0.2) is 5.11 Å². The first-order valence-electron chi connectivity index (χ1n) is 5.94. The minimum absolute atomic E-state index is 0.187. The van der Waals surface area contributed by atoms with E-state index < -0.39 is 6.10 Å². The fourth-order valence-electron chi connectivity index (χ4n) is 1.55. The van der Waals surface area contributed by atoms with Crippen LogP contribution < -0.4 is 0 Å². The fourth-order valence-corrected chi connectivity index (χ4v) is 1.55. The van der Waals surface area contributed by atoms with Crippen molar-refractivity contribution >= 4 is 0 Å². The molecule has 0 bridgehead atoms. The summed E-state index contributed by atoms with van der Waals surface area (Å²) in [6, 6.07) is 3.74. The van der Waals surface area contributed by atoms with Gasteiger partial charge in [0.05, 0.1) is 0 Å². The summed E-state index contributed by atoms with van der Waals surface area (Å²) in [7, 11) is 0. The predicted octanol–water partition coefficient (Wildman–Crippen LogP) is 4.00. The Morgan fingerprint density at radius 3 is 2.69 bits per heavy atom. The Kier molecular flexibility index (Phi) is 4.81. The van der Waals surface area contributed by atoms with Crippen LogP contribution in [0.1, 0.15) is 51.2 Å². The smallest absolute Gasteiger partial charge is 0.132 e. The van der Waals surface area contributed by atoms with Crippen LogP contribution in [0.5, 0.6) is 0 Å². The van der Waals surface area contributed by atoms with Gasteiger partial charge in [0.1, 0.15) is 17.6 Å². The molecule has 1 rings (SSSR count). The lowest BCUT2D eigenvalue weighted by Crippen LogP contribution is -2.07. The van der Waals surface area contributed by atoms with E-state index in [9.17, 15) is 5.11 Å². The van der Waals surface area contributed by atoms with Gasteiger partial charge in [-0.2, -0.15) is 0 Å². The highest BCUT2D eigenvalue weighted by Gasteiger charge is 2.18. The third-order valence-corrected chi connectivity index (χ3v) is 2.99. The number of aliphatic hydroxyl groups excluding tert-OH is 1. The molecule has 1 N–H and O–H groups in total. The third-order valence-electron chi connectivity index (χ3n) is 2.99. The van der Waals surface area contributed by atoms with E-state index in [1.165, 1.54) is 5.57 Å². The van der Waals surface area contributed by atoms with Crippen LogP contribution in [-0.2, 0) is 0 Å². The highest BCUT2D eigenvalue weighted by molar-refractivity contribution is 5.09. The van der Waals surface area contributed by atoms with E-state index in [4.69, 9.17) is 4.42 Å². The number of hydrogen-bond acceptors (Lipinski definition) is 2. The monoisotopic (exact) mass is 222 g/mol. The summed E-state index contributed by atoms with van der Waals surface area (Å²) in [4.78, 5) is 0. The van der Waals surface area contributed by atoms with Crippen LogP contribution in [0.25, 0.3) is 0 Å². The predicted molar refractivity (Wildman–Crippen MR) is 66.2 cm³/mol. The molecule has 0 aliphatic rings. The lowest BCUT2D eigenvalue weighted by molar-refractivity contribution is 0.0944. The van der Waals surface area contributed by atoms with Crippen LogP contribution in [0.15, 0.2) is 28.2 Å². The van der Waals surface area contributed by atoms with Crippen molar-refractivity contribution in [2.24, 2.45) is 5.92 Å². The Morgan fingerprint density at radius 1 is 1.50 bits per heavy atom. The van der Waals surface area contributed by atoms with Crippen molar-refractivity contribution in [3.63, 3.8) is 0 Å². The maximum Gasteiger partial charge on any atom is 0.132 e. The first-order valence-corrected chi connectivity index (χ1v) is 5.94. The average Bonchev–Trinajstić information content (AvgIpc) is 2.71. The van der Waals surface area contributed by atoms with Crippen LogP contribution in [0.2, 0.25) is 0 Å². The molecular formula is C14H22O2. The Morgan fingerprint density at radius 2 is 2.19 bits per heavy atom. The topological polar surface area (TPSA) is 33.4 Å². The van der Waals surface area contributed by atoms with Gasteiger partial charge in [-0.25, -0.2) is 0 Å². The molecule has 0 amide bonds. The number of aryl methyl sites for hydroxylation is 1. The molecule has 2 unspecified atom stereocenters. The second-order valence-electron chi connectivity index (χ2n) is 4.51.